The van der Waals surface area contributed by atoms with Gasteiger partial charge < -0.3 is 14.9 Å². The number of hydrogen-bond acceptors (Lipinski definition) is 5. The van der Waals surface area contributed by atoms with Crippen LogP contribution >= 0.6 is 11.6 Å². The smallest absolute Gasteiger partial charge is 0.150 e. The number of halogens is 1. The van der Waals surface area contributed by atoms with E-state index < -0.39 is 15.9 Å². The summed E-state index contributed by atoms with van der Waals surface area (Å²) in [7, 11) is 4.10. The molecule has 1 aromatic rings. The molecule has 0 aliphatic rings. The second kappa shape index (κ2) is 6.20. The van der Waals surface area contributed by atoms with Gasteiger partial charge >= 0.3 is 0 Å². The van der Waals surface area contributed by atoms with Gasteiger partial charge in [0.2, 0.25) is 0 Å². The lowest BCUT2D eigenvalue weighted by Gasteiger charge is -2.23. The first-order valence-corrected chi connectivity index (χ1v) is 8.50. The number of anilines is 2. The van der Waals surface area contributed by atoms with Gasteiger partial charge in [0.25, 0.3) is 0 Å². The minimum atomic E-state index is -3.26. The first-order chi connectivity index (χ1) is 9.03. The van der Waals surface area contributed by atoms with E-state index in [4.69, 9.17) is 11.6 Å². The fraction of sp³-hybridized carbons (Fsp3) is 0.538. The summed E-state index contributed by atoms with van der Waals surface area (Å²) >= 11 is 6.33. The quantitative estimate of drug-likeness (QED) is 0.892. The summed E-state index contributed by atoms with van der Waals surface area (Å²) in [5, 5.41) is 10.7. The van der Waals surface area contributed by atoms with Crippen LogP contribution in [0.1, 0.15) is 11.7 Å². The van der Waals surface area contributed by atoms with E-state index in [1.54, 1.807) is 12.1 Å². The third kappa shape index (κ3) is 4.26. The highest BCUT2D eigenvalue weighted by Gasteiger charge is 2.19. The predicted octanol–water partition coefficient (Wildman–Crippen LogP) is 1.55. The van der Waals surface area contributed by atoms with Gasteiger partial charge in [0, 0.05) is 34.4 Å². The maximum absolute atomic E-state index is 11.3. The lowest BCUT2D eigenvalue weighted by atomic mass is 10.1. The number of aliphatic hydroxyl groups excluding tert-OH is 1. The Morgan fingerprint density at radius 3 is 1.85 bits per heavy atom. The molecule has 0 radical (unpaired) electrons. The van der Waals surface area contributed by atoms with Crippen LogP contribution in [0.2, 0.25) is 5.02 Å². The molecule has 0 saturated heterocycles. The zero-order valence-electron chi connectivity index (χ0n) is 12.4. The van der Waals surface area contributed by atoms with Gasteiger partial charge in [0.05, 0.1) is 28.3 Å². The lowest BCUT2D eigenvalue weighted by molar-refractivity contribution is 0.202. The molecule has 0 fully saturated rings. The summed E-state index contributed by atoms with van der Waals surface area (Å²) in [6.45, 7) is 0. The Hall–Kier alpha value is -0.980. The fourth-order valence-corrected chi connectivity index (χ4v) is 3.05. The molecule has 20 heavy (non-hydrogen) atoms. The molecule has 1 atom stereocenters. The second-order valence-corrected chi connectivity index (χ2v) is 7.83. The third-order valence-corrected chi connectivity index (χ3v) is 4.17. The van der Waals surface area contributed by atoms with Crippen LogP contribution in [0.25, 0.3) is 0 Å². The second-order valence-electron chi connectivity index (χ2n) is 5.27. The van der Waals surface area contributed by atoms with Gasteiger partial charge in [-0.15, -0.1) is 0 Å². The monoisotopic (exact) mass is 320 g/mol. The summed E-state index contributed by atoms with van der Waals surface area (Å²) in [6.07, 6.45) is 0.0333. The first-order valence-electron chi connectivity index (χ1n) is 6.07. The Bertz CT molecular complexity index is 556. The van der Waals surface area contributed by atoms with Gasteiger partial charge in [0.1, 0.15) is 9.84 Å². The molecular weight excluding hydrogens is 300 g/mol. The van der Waals surface area contributed by atoms with Crippen molar-refractivity contribution < 1.29 is 13.5 Å². The number of nitrogens with zero attached hydrogens (tertiary/aromatic N) is 2. The molecule has 1 unspecified atom stereocenters. The van der Waals surface area contributed by atoms with Crippen LogP contribution in [0.3, 0.4) is 0 Å². The van der Waals surface area contributed by atoms with Crippen LogP contribution in [0.4, 0.5) is 11.4 Å². The molecule has 5 nitrogen and oxygen atoms in total. The molecule has 0 bridgehead atoms. The van der Waals surface area contributed by atoms with Crippen molar-refractivity contribution in [1.29, 1.82) is 0 Å². The number of rotatable bonds is 5. The molecule has 7 heteroatoms. The van der Waals surface area contributed by atoms with Crippen LogP contribution in [0.5, 0.6) is 0 Å². The van der Waals surface area contributed by atoms with Crippen molar-refractivity contribution in [1.82, 2.24) is 0 Å². The topological polar surface area (TPSA) is 60.9 Å². The average Bonchev–Trinajstić information content (AvgIpc) is 2.25. The highest BCUT2D eigenvalue weighted by atomic mass is 35.5. The van der Waals surface area contributed by atoms with E-state index in [9.17, 15) is 13.5 Å². The van der Waals surface area contributed by atoms with Crippen LogP contribution < -0.4 is 9.80 Å². The summed E-state index contributed by atoms with van der Waals surface area (Å²) in [6, 6.07) is 3.43. The van der Waals surface area contributed by atoms with Crippen molar-refractivity contribution in [3.05, 3.63) is 22.7 Å². The minimum absolute atomic E-state index is 0.311. The Kier molecular flexibility index (Phi) is 5.29. The number of sulfone groups is 1. The Balaban J connectivity index is 3.34. The standard InChI is InChI=1S/C13H21ClN2O3S/c1-15(2)10-6-9(12(17)8-20(5,18)19)7-11(13(10)14)16(3)4/h6-7,12,17H,8H2,1-5H3. The van der Waals surface area contributed by atoms with E-state index >= 15 is 0 Å². The fourth-order valence-electron chi connectivity index (χ4n) is 1.84. The van der Waals surface area contributed by atoms with Crippen molar-refractivity contribution >= 4 is 32.8 Å². The van der Waals surface area contributed by atoms with Gasteiger partial charge in [-0.1, -0.05) is 11.6 Å². The largest absolute Gasteiger partial charge is 0.387 e. The predicted molar refractivity (Wildman–Crippen MR) is 84.8 cm³/mol. The van der Waals surface area contributed by atoms with E-state index in [-0.39, 0.29) is 5.75 Å². The molecule has 0 aliphatic heterocycles. The molecule has 0 aromatic heterocycles. The summed E-state index contributed by atoms with van der Waals surface area (Å²) in [5.74, 6) is -0.311. The Morgan fingerprint density at radius 1 is 1.15 bits per heavy atom. The molecule has 0 amide bonds. The van der Waals surface area contributed by atoms with Crippen molar-refractivity contribution in [2.75, 3.05) is 50.0 Å². The van der Waals surface area contributed by atoms with Gasteiger partial charge in [-0.2, -0.15) is 0 Å². The summed E-state index contributed by atoms with van der Waals surface area (Å²) < 4.78 is 22.6. The van der Waals surface area contributed by atoms with Crippen molar-refractivity contribution in [2.24, 2.45) is 0 Å². The van der Waals surface area contributed by atoms with Crippen LogP contribution in [0, 0.1) is 0 Å². The molecule has 1 rings (SSSR count). The molecule has 114 valence electrons. The molecule has 0 aliphatic carbocycles. The highest BCUT2D eigenvalue weighted by molar-refractivity contribution is 7.90. The van der Waals surface area contributed by atoms with Gasteiger partial charge in [-0.25, -0.2) is 8.42 Å². The zero-order valence-corrected chi connectivity index (χ0v) is 14.0. The molecule has 0 spiro atoms. The number of aliphatic hydroxyl groups is 1. The van der Waals surface area contributed by atoms with E-state index in [2.05, 4.69) is 0 Å². The average molecular weight is 321 g/mol. The maximum Gasteiger partial charge on any atom is 0.150 e. The van der Waals surface area contributed by atoms with Crippen LogP contribution in [0.15, 0.2) is 12.1 Å². The van der Waals surface area contributed by atoms with Gasteiger partial charge in [-0.05, 0) is 17.7 Å². The molecule has 1 aromatic carbocycles. The van der Waals surface area contributed by atoms with E-state index in [0.29, 0.717) is 10.6 Å². The highest BCUT2D eigenvalue weighted by Crippen LogP contribution is 2.37. The molecular formula is C13H21ClN2O3S. The molecule has 0 heterocycles. The van der Waals surface area contributed by atoms with Crippen molar-refractivity contribution in [3.63, 3.8) is 0 Å². The number of hydrogen-bond donors (Lipinski definition) is 1. The first kappa shape index (κ1) is 17.1. The maximum atomic E-state index is 11.3. The van der Waals surface area contributed by atoms with Crippen LogP contribution in [-0.2, 0) is 9.84 Å². The molecule has 1 N–H and O–H groups in total. The summed E-state index contributed by atoms with van der Waals surface area (Å²) in [4.78, 5) is 3.65. The van der Waals surface area contributed by atoms with Crippen LogP contribution in [-0.4, -0.2) is 53.7 Å². The van der Waals surface area contributed by atoms with E-state index in [1.165, 1.54) is 0 Å². The van der Waals surface area contributed by atoms with E-state index in [0.717, 1.165) is 17.6 Å². The van der Waals surface area contributed by atoms with E-state index in [1.807, 2.05) is 38.0 Å². The van der Waals surface area contributed by atoms with Gasteiger partial charge in [-0.3, -0.25) is 0 Å². The Morgan fingerprint density at radius 2 is 1.55 bits per heavy atom. The zero-order chi connectivity index (χ0) is 15.7. The van der Waals surface area contributed by atoms with Gasteiger partial charge in [0.15, 0.2) is 0 Å². The normalized spacial score (nSPS) is 13.2. The minimum Gasteiger partial charge on any atom is -0.387 e. The lowest BCUT2D eigenvalue weighted by Crippen LogP contribution is -2.17. The summed E-state index contributed by atoms with van der Waals surface area (Å²) in [5.41, 5.74) is 2.01. The third-order valence-electron chi connectivity index (χ3n) is 2.87. The molecule has 0 saturated carbocycles. The Labute approximate surface area is 125 Å². The number of benzene rings is 1. The van der Waals surface area contributed by atoms with Crippen molar-refractivity contribution in [3.8, 4) is 0 Å². The van der Waals surface area contributed by atoms with Crippen molar-refractivity contribution in [2.45, 2.75) is 6.10 Å². The SMILES string of the molecule is CN(C)c1cc(C(O)CS(C)(=O)=O)cc(N(C)C)c1Cl.